The lowest BCUT2D eigenvalue weighted by Crippen LogP contribution is -2.40. The van der Waals surface area contributed by atoms with Crippen LogP contribution in [0.25, 0.3) is 32.7 Å². The van der Waals surface area contributed by atoms with E-state index in [1.165, 1.54) is 11.3 Å². The molecule has 192 valence electrons. The van der Waals surface area contributed by atoms with Crippen LogP contribution < -0.4 is 4.90 Å². The molecule has 2 aromatic carbocycles. The number of methoxy groups -OCH3 is 1. The molecule has 5 rings (SSSR count). The first-order valence-corrected chi connectivity index (χ1v) is 13.5. The van der Waals surface area contributed by atoms with Gasteiger partial charge in [-0.1, -0.05) is 49.4 Å². The average Bonchev–Trinajstić information content (AvgIpc) is 3.55. The van der Waals surface area contributed by atoms with Gasteiger partial charge in [-0.25, -0.2) is 4.79 Å². The summed E-state index contributed by atoms with van der Waals surface area (Å²) in [6.07, 6.45) is 3.72. The van der Waals surface area contributed by atoms with Crippen LogP contribution in [0.2, 0.25) is 0 Å². The number of hydrogen-bond donors (Lipinski definition) is 1. The third-order valence-electron chi connectivity index (χ3n) is 7.23. The van der Waals surface area contributed by atoms with Gasteiger partial charge in [-0.3, -0.25) is 4.79 Å². The number of carboxylic acids is 1. The molecule has 6 nitrogen and oxygen atoms in total. The summed E-state index contributed by atoms with van der Waals surface area (Å²) in [4.78, 5) is 28.4. The molecule has 0 saturated heterocycles. The maximum absolute atomic E-state index is 13.6. The van der Waals surface area contributed by atoms with Gasteiger partial charge < -0.3 is 19.2 Å². The number of benzene rings is 2. The second kappa shape index (κ2) is 10.9. The maximum Gasteiger partial charge on any atom is 0.348 e. The van der Waals surface area contributed by atoms with Crippen LogP contribution in [-0.2, 0) is 9.53 Å². The van der Waals surface area contributed by atoms with E-state index in [1.54, 1.807) is 12.0 Å². The molecule has 0 radical (unpaired) electrons. The summed E-state index contributed by atoms with van der Waals surface area (Å²) in [5.74, 6) is 0.292. The summed E-state index contributed by atoms with van der Waals surface area (Å²) in [6, 6.07) is 19.6. The van der Waals surface area contributed by atoms with Gasteiger partial charge in [0.15, 0.2) is 0 Å². The second-order valence-corrected chi connectivity index (χ2v) is 10.8. The number of fused-ring (bicyclic) bond motifs is 1. The standard InChI is InChI=1S/C30H31NO5S/c1-19-7-9-22(10-8-19)29(32)31(15-16-35-2)24-18-27(37-28(24)30(33)34)21-13-11-20(12-14-21)26-17-23-5-3-4-6-25(23)36-26/h3-6,11-14,17-19,22H,7-10,15-16H2,1-2H3,(H,33,34). The first-order chi connectivity index (χ1) is 17.9. The molecule has 0 atom stereocenters. The molecule has 1 fully saturated rings. The van der Waals surface area contributed by atoms with E-state index < -0.39 is 5.97 Å². The number of thiophene rings is 1. The summed E-state index contributed by atoms with van der Waals surface area (Å²) in [7, 11) is 1.59. The van der Waals surface area contributed by atoms with Gasteiger partial charge in [0, 0.05) is 35.4 Å². The zero-order chi connectivity index (χ0) is 25.9. The fraction of sp³-hybridized carbons (Fsp3) is 0.333. The minimum absolute atomic E-state index is 0.00367. The van der Waals surface area contributed by atoms with Gasteiger partial charge in [-0.15, -0.1) is 11.3 Å². The van der Waals surface area contributed by atoms with Crippen LogP contribution >= 0.6 is 11.3 Å². The van der Waals surface area contributed by atoms with Gasteiger partial charge in [-0.2, -0.15) is 0 Å². The molecule has 0 spiro atoms. The smallest absolute Gasteiger partial charge is 0.348 e. The first kappa shape index (κ1) is 25.2. The molecular weight excluding hydrogens is 486 g/mol. The van der Waals surface area contributed by atoms with Gasteiger partial charge in [0.25, 0.3) is 0 Å². The van der Waals surface area contributed by atoms with Crippen molar-refractivity contribution in [1.29, 1.82) is 0 Å². The Morgan fingerprint density at radius 3 is 2.41 bits per heavy atom. The largest absolute Gasteiger partial charge is 0.477 e. The van der Waals surface area contributed by atoms with Crippen LogP contribution in [0, 0.1) is 11.8 Å². The van der Waals surface area contributed by atoms with Crippen molar-refractivity contribution in [3.05, 3.63) is 65.5 Å². The highest BCUT2D eigenvalue weighted by molar-refractivity contribution is 7.18. The number of aromatic carboxylic acids is 1. The number of ether oxygens (including phenoxy) is 1. The number of furan rings is 1. The van der Waals surface area contributed by atoms with E-state index >= 15 is 0 Å². The molecule has 1 N–H and O–H groups in total. The number of carbonyl (C=O) groups excluding carboxylic acids is 1. The predicted octanol–water partition coefficient (Wildman–Crippen LogP) is 7.33. The Morgan fingerprint density at radius 1 is 1.03 bits per heavy atom. The van der Waals surface area contributed by atoms with Crippen LogP contribution in [0.3, 0.4) is 0 Å². The Balaban J connectivity index is 1.45. The SMILES string of the molecule is COCCN(C(=O)C1CCC(C)CC1)c1cc(-c2ccc(-c3cc4ccccc4o3)cc2)sc1C(=O)O. The summed E-state index contributed by atoms with van der Waals surface area (Å²) in [5, 5.41) is 11.1. The van der Waals surface area contributed by atoms with Gasteiger partial charge in [0.1, 0.15) is 16.2 Å². The average molecular weight is 518 g/mol. The fourth-order valence-electron chi connectivity index (χ4n) is 5.06. The lowest BCUT2D eigenvalue weighted by Gasteiger charge is -2.31. The van der Waals surface area contributed by atoms with E-state index in [-0.39, 0.29) is 16.7 Å². The fourth-order valence-corrected chi connectivity index (χ4v) is 6.07. The van der Waals surface area contributed by atoms with Gasteiger partial charge in [0.2, 0.25) is 5.91 Å². The van der Waals surface area contributed by atoms with E-state index in [9.17, 15) is 14.7 Å². The summed E-state index contributed by atoms with van der Waals surface area (Å²) in [5.41, 5.74) is 3.13. The van der Waals surface area contributed by atoms with Crippen molar-refractivity contribution in [2.75, 3.05) is 25.2 Å². The first-order valence-electron chi connectivity index (χ1n) is 12.7. The van der Waals surface area contributed by atoms with Crippen molar-refractivity contribution in [2.45, 2.75) is 32.6 Å². The Labute approximate surface area is 220 Å². The zero-order valence-corrected chi connectivity index (χ0v) is 21.9. The highest BCUT2D eigenvalue weighted by Gasteiger charge is 2.32. The normalized spacial score (nSPS) is 17.7. The highest BCUT2D eigenvalue weighted by Crippen LogP contribution is 2.40. The molecule has 0 aliphatic heterocycles. The lowest BCUT2D eigenvalue weighted by atomic mass is 9.82. The number of para-hydroxylation sites is 1. The molecule has 1 aliphatic rings. The molecule has 0 bridgehead atoms. The number of carboxylic acid groups (broad SMARTS) is 1. The van der Waals surface area contributed by atoms with E-state index in [2.05, 4.69) is 6.92 Å². The third kappa shape index (κ3) is 5.33. The molecular formula is C30H31NO5S. The van der Waals surface area contributed by atoms with Gasteiger partial charge in [-0.05, 0) is 55.4 Å². The number of carbonyl (C=O) groups is 2. The Morgan fingerprint density at radius 2 is 1.73 bits per heavy atom. The summed E-state index contributed by atoms with van der Waals surface area (Å²) >= 11 is 1.19. The quantitative estimate of drug-likeness (QED) is 0.265. The van der Waals surface area contributed by atoms with E-state index in [0.29, 0.717) is 24.8 Å². The van der Waals surface area contributed by atoms with E-state index in [0.717, 1.165) is 58.4 Å². The molecule has 0 unspecified atom stereocenters. The topological polar surface area (TPSA) is 80.0 Å². The van der Waals surface area contributed by atoms with Crippen LogP contribution in [0.4, 0.5) is 5.69 Å². The Hall–Kier alpha value is -3.42. The highest BCUT2D eigenvalue weighted by atomic mass is 32.1. The molecule has 37 heavy (non-hydrogen) atoms. The minimum atomic E-state index is -1.03. The van der Waals surface area contributed by atoms with Crippen molar-refractivity contribution in [1.82, 2.24) is 0 Å². The van der Waals surface area contributed by atoms with Gasteiger partial charge >= 0.3 is 5.97 Å². The number of hydrogen-bond acceptors (Lipinski definition) is 5. The van der Waals surface area contributed by atoms with Crippen molar-refractivity contribution >= 4 is 39.9 Å². The predicted molar refractivity (Wildman–Crippen MR) is 147 cm³/mol. The molecule has 2 aromatic heterocycles. The lowest BCUT2D eigenvalue weighted by molar-refractivity contribution is -0.123. The van der Waals surface area contributed by atoms with Crippen molar-refractivity contribution in [3.63, 3.8) is 0 Å². The van der Waals surface area contributed by atoms with Gasteiger partial charge in [0.05, 0.1) is 12.3 Å². The van der Waals surface area contributed by atoms with Crippen LogP contribution in [-0.4, -0.2) is 37.2 Å². The molecule has 1 saturated carbocycles. The van der Waals surface area contributed by atoms with Crippen molar-refractivity contribution in [2.24, 2.45) is 11.8 Å². The Bertz CT molecular complexity index is 1360. The third-order valence-corrected chi connectivity index (χ3v) is 8.39. The number of anilines is 1. The summed E-state index contributed by atoms with van der Waals surface area (Å²) in [6.45, 7) is 2.88. The molecule has 1 aliphatic carbocycles. The van der Waals surface area contributed by atoms with Crippen LogP contribution in [0.1, 0.15) is 42.3 Å². The van der Waals surface area contributed by atoms with E-state index in [4.69, 9.17) is 9.15 Å². The number of amides is 1. The minimum Gasteiger partial charge on any atom is -0.477 e. The maximum atomic E-state index is 13.6. The van der Waals surface area contributed by atoms with Crippen LogP contribution in [0.15, 0.2) is 65.1 Å². The monoisotopic (exact) mass is 517 g/mol. The molecule has 7 heteroatoms. The number of nitrogens with zero attached hydrogens (tertiary/aromatic N) is 1. The molecule has 1 amide bonds. The number of rotatable bonds is 8. The zero-order valence-electron chi connectivity index (χ0n) is 21.1. The van der Waals surface area contributed by atoms with Crippen LogP contribution in [0.5, 0.6) is 0 Å². The second-order valence-electron chi connectivity index (χ2n) is 9.80. The van der Waals surface area contributed by atoms with E-state index in [1.807, 2.05) is 60.7 Å². The summed E-state index contributed by atoms with van der Waals surface area (Å²) < 4.78 is 11.3. The van der Waals surface area contributed by atoms with Crippen molar-refractivity contribution < 1.29 is 23.8 Å². The van der Waals surface area contributed by atoms with Crippen molar-refractivity contribution in [3.8, 4) is 21.8 Å². The Kier molecular flexibility index (Phi) is 7.44. The molecule has 2 heterocycles. The molecule has 4 aromatic rings.